The summed E-state index contributed by atoms with van der Waals surface area (Å²) in [5.74, 6) is -0.240. The Balaban J connectivity index is 2.88. The molecule has 0 bridgehead atoms. The van der Waals surface area contributed by atoms with Gasteiger partial charge in [-0.25, -0.2) is 4.39 Å². The van der Waals surface area contributed by atoms with Gasteiger partial charge < -0.3 is 0 Å². The maximum Gasteiger partial charge on any atom is 0.126 e. The third-order valence-corrected chi connectivity index (χ3v) is 2.28. The van der Waals surface area contributed by atoms with Crippen LogP contribution in [0.2, 0.25) is 5.02 Å². The van der Waals surface area contributed by atoms with Crippen molar-refractivity contribution in [3.05, 3.63) is 34.1 Å². The van der Waals surface area contributed by atoms with Crippen LogP contribution in [0.4, 0.5) is 4.39 Å². The highest BCUT2D eigenvalue weighted by molar-refractivity contribution is 6.31. The Morgan fingerprint density at radius 1 is 1.46 bits per heavy atom. The van der Waals surface area contributed by atoms with Crippen LogP contribution in [0.25, 0.3) is 0 Å². The van der Waals surface area contributed by atoms with Crippen molar-refractivity contribution in [1.29, 1.82) is 0 Å². The zero-order chi connectivity index (χ0) is 9.84. The molecule has 1 aromatic carbocycles. The summed E-state index contributed by atoms with van der Waals surface area (Å²) in [5.41, 5.74) is 1.28. The molecular weight excluding hydrogens is 212 g/mol. The summed E-state index contributed by atoms with van der Waals surface area (Å²) in [5, 5.41) is 3.43. The van der Waals surface area contributed by atoms with Crippen LogP contribution in [0.3, 0.4) is 0 Å². The third-order valence-electron chi connectivity index (χ3n) is 1.74. The quantitative estimate of drug-likeness (QED) is 0.612. The van der Waals surface area contributed by atoms with Crippen molar-refractivity contribution < 1.29 is 4.39 Å². The number of hydrogen-bond donors (Lipinski definition) is 1. The van der Waals surface area contributed by atoms with Crippen LogP contribution in [-0.4, -0.2) is 6.00 Å². The standard InChI is InChI=1S/C9H10Cl2FN/c1-6-2-8(11)7(3-9(6)12)4-13-5-10/h2-3,13H,4-5H2,1H3. The van der Waals surface area contributed by atoms with E-state index in [1.165, 1.54) is 6.07 Å². The Hall–Kier alpha value is -0.310. The Morgan fingerprint density at radius 3 is 2.77 bits per heavy atom. The van der Waals surface area contributed by atoms with Crippen LogP contribution in [-0.2, 0) is 6.54 Å². The minimum absolute atomic E-state index is 0.240. The fourth-order valence-corrected chi connectivity index (χ4v) is 1.38. The van der Waals surface area contributed by atoms with Gasteiger partial charge in [0.25, 0.3) is 0 Å². The molecule has 1 N–H and O–H groups in total. The van der Waals surface area contributed by atoms with Gasteiger partial charge in [0, 0.05) is 11.6 Å². The van der Waals surface area contributed by atoms with Gasteiger partial charge in [0.1, 0.15) is 5.82 Å². The van der Waals surface area contributed by atoms with E-state index in [1.807, 2.05) is 0 Å². The molecule has 0 spiro atoms. The molecular formula is C9H10Cl2FN. The van der Waals surface area contributed by atoms with Crippen molar-refractivity contribution in [2.75, 3.05) is 6.00 Å². The van der Waals surface area contributed by atoms with E-state index in [0.29, 0.717) is 23.1 Å². The van der Waals surface area contributed by atoms with Crippen molar-refractivity contribution in [3.63, 3.8) is 0 Å². The van der Waals surface area contributed by atoms with Crippen LogP contribution in [0.15, 0.2) is 12.1 Å². The molecule has 4 heteroatoms. The average molecular weight is 222 g/mol. The zero-order valence-corrected chi connectivity index (χ0v) is 8.71. The normalized spacial score (nSPS) is 10.5. The number of rotatable bonds is 3. The van der Waals surface area contributed by atoms with Crippen molar-refractivity contribution in [3.8, 4) is 0 Å². The Kier molecular flexibility index (Phi) is 3.97. The molecule has 1 nitrogen and oxygen atoms in total. The summed E-state index contributed by atoms with van der Waals surface area (Å²) < 4.78 is 13.1. The Morgan fingerprint density at radius 2 is 2.15 bits per heavy atom. The smallest absolute Gasteiger partial charge is 0.126 e. The second-order valence-electron chi connectivity index (χ2n) is 2.75. The summed E-state index contributed by atoms with van der Waals surface area (Å²) in [6.07, 6.45) is 0. The number of hydrogen-bond acceptors (Lipinski definition) is 1. The molecule has 0 heterocycles. The highest BCUT2D eigenvalue weighted by Gasteiger charge is 2.04. The molecule has 0 atom stereocenters. The molecule has 0 radical (unpaired) electrons. The van der Waals surface area contributed by atoms with E-state index < -0.39 is 0 Å². The highest BCUT2D eigenvalue weighted by atomic mass is 35.5. The first-order valence-electron chi connectivity index (χ1n) is 3.86. The van der Waals surface area contributed by atoms with E-state index in [4.69, 9.17) is 23.2 Å². The third kappa shape index (κ3) is 2.83. The summed E-state index contributed by atoms with van der Waals surface area (Å²) in [6.45, 7) is 2.17. The molecule has 72 valence electrons. The predicted octanol–water partition coefficient (Wildman–Crippen LogP) is 3.07. The molecule has 1 aromatic rings. The summed E-state index contributed by atoms with van der Waals surface area (Å²) in [7, 11) is 0. The van der Waals surface area contributed by atoms with Crippen LogP contribution in [0.5, 0.6) is 0 Å². The summed E-state index contributed by atoms with van der Waals surface area (Å²) >= 11 is 11.3. The molecule has 0 aliphatic rings. The first-order valence-corrected chi connectivity index (χ1v) is 4.77. The second kappa shape index (κ2) is 4.80. The average Bonchev–Trinajstić information content (AvgIpc) is 2.09. The molecule has 0 saturated carbocycles. The van der Waals surface area contributed by atoms with E-state index in [9.17, 15) is 4.39 Å². The largest absolute Gasteiger partial charge is 0.300 e. The zero-order valence-electron chi connectivity index (χ0n) is 7.20. The maximum atomic E-state index is 13.1. The maximum absolute atomic E-state index is 13.1. The summed E-state index contributed by atoms with van der Waals surface area (Å²) in [6, 6.07) is 3.37. The van der Waals surface area contributed by atoms with E-state index in [0.717, 1.165) is 5.56 Å². The Labute approximate surface area is 86.8 Å². The number of benzene rings is 1. The van der Waals surface area contributed by atoms with Crippen molar-refractivity contribution in [2.45, 2.75) is 13.5 Å². The predicted molar refractivity (Wildman–Crippen MR) is 53.7 cm³/mol. The van der Waals surface area contributed by atoms with E-state index in [-0.39, 0.29) is 5.82 Å². The minimum Gasteiger partial charge on any atom is -0.300 e. The van der Waals surface area contributed by atoms with Gasteiger partial charge in [-0.15, -0.1) is 11.6 Å². The Bertz CT molecular complexity index is 302. The second-order valence-corrected chi connectivity index (χ2v) is 3.43. The fourth-order valence-electron chi connectivity index (χ4n) is 1.00. The topological polar surface area (TPSA) is 12.0 Å². The molecule has 0 aliphatic carbocycles. The SMILES string of the molecule is Cc1cc(Cl)c(CNCCl)cc1F. The van der Waals surface area contributed by atoms with Crippen molar-refractivity contribution in [1.82, 2.24) is 5.32 Å². The van der Waals surface area contributed by atoms with Gasteiger partial charge in [0.15, 0.2) is 0 Å². The first kappa shape index (κ1) is 10.8. The van der Waals surface area contributed by atoms with Crippen LogP contribution >= 0.6 is 23.2 Å². The van der Waals surface area contributed by atoms with Gasteiger partial charge in [-0.2, -0.15) is 0 Å². The first-order chi connectivity index (χ1) is 6.15. The minimum atomic E-state index is -0.240. The number of aryl methyl sites for hydroxylation is 1. The fraction of sp³-hybridized carbons (Fsp3) is 0.333. The molecule has 0 saturated heterocycles. The number of halogens is 3. The van der Waals surface area contributed by atoms with Gasteiger partial charge in [-0.3, -0.25) is 5.32 Å². The van der Waals surface area contributed by atoms with Gasteiger partial charge in [-0.1, -0.05) is 11.6 Å². The van der Waals surface area contributed by atoms with E-state index in [1.54, 1.807) is 13.0 Å². The molecule has 0 fully saturated rings. The van der Waals surface area contributed by atoms with Crippen LogP contribution < -0.4 is 5.32 Å². The summed E-state index contributed by atoms with van der Waals surface area (Å²) in [4.78, 5) is 0. The molecule has 1 rings (SSSR count). The van der Waals surface area contributed by atoms with E-state index >= 15 is 0 Å². The number of alkyl halides is 1. The lowest BCUT2D eigenvalue weighted by Gasteiger charge is -2.06. The van der Waals surface area contributed by atoms with Crippen LogP contribution in [0.1, 0.15) is 11.1 Å². The van der Waals surface area contributed by atoms with Gasteiger partial charge in [0.05, 0.1) is 6.00 Å². The van der Waals surface area contributed by atoms with Gasteiger partial charge >= 0.3 is 0 Å². The molecule has 0 aromatic heterocycles. The van der Waals surface area contributed by atoms with Crippen molar-refractivity contribution in [2.24, 2.45) is 0 Å². The lowest BCUT2D eigenvalue weighted by atomic mass is 10.1. The molecule has 0 unspecified atom stereocenters. The molecule has 0 amide bonds. The monoisotopic (exact) mass is 221 g/mol. The van der Waals surface area contributed by atoms with Gasteiger partial charge in [-0.05, 0) is 30.2 Å². The lowest BCUT2D eigenvalue weighted by molar-refractivity contribution is 0.614. The number of nitrogens with one attached hydrogen (secondary N) is 1. The molecule has 13 heavy (non-hydrogen) atoms. The lowest BCUT2D eigenvalue weighted by Crippen LogP contribution is -2.10. The highest BCUT2D eigenvalue weighted by Crippen LogP contribution is 2.20. The van der Waals surface area contributed by atoms with Crippen molar-refractivity contribution >= 4 is 23.2 Å². The van der Waals surface area contributed by atoms with E-state index in [2.05, 4.69) is 5.32 Å². The molecule has 0 aliphatic heterocycles. The van der Waals surface area contributed by atoms with Gasteiger partial charge in [0.2, 0.25) is 0 Å². The van der Waals surface area contributed by atoms with Crippen LogP contribution in [0, 0.1) is 12.7 Å².